The van der Waals surface area contributed by atoms with E-state index in [0.29, 0.717) is 10.0 Å². The van der Waals surface area contributed by atoms with Crippen molar-refractivity contribution in [1.82, 2.24) is 0 Å². The largest absolute Gasteiger partial charge is 0.496 e. The SMILES string of the molecule is COc1ccccc1CC(C)Nc1cc(Cl)cc(Cl)c1. The van der Waals surface area contributed by atoms with Gasteiger partial charge in [0, 0.05) is 21.8 Å². The monoisotopic (exact) mass is 309 g/mol. The van der Waals surface area contributed by atoms with Gasteiger partial charge in [-0.3, -0.25) is 0 Å². The van der Waals surface area contributed by atoms with Crippen molar-refractivity contribution in [2.75, 3.05) is 12.4 Å². The summed E-state index contributed by atoms with van der Waals surface area (Å²) in [6.07, 6.45) is 0.855. The molecule has 1 unspecified atom stereocenters. The van der Waals surface area contributed by atoms with Crippen LogP contribution in [0.1, 0.15) is 12.5 Å². The Labute approximate surface area is 129 Å². The highest BCUT2D eigenvalue weighted by Gasteiger charge is 2.08. The van der Waals surface area contributed by atoms with Crippen LogP contribution >= 0.6 is 23.2 Å². The highest BCUT2D eigenvalue weighted by molar-refractivity contribution is 6.35. The lowest BCUT2D eigenvalue weighted by molar-refractivity contribution is 0.409. The Bertz CT molecular complexity index is 566. The zero-order valence-electron chi connectivity index (χ0n) is 11.5. The molecule has 0 aromatic heterocycles. The van der Waals surface area contributed by atoms with E-state index < -0.39 is 0 Å². The third kappa shape index (κ3) is 4.06. The number of ether oxygens (including phenoxy) is 1. The molecule has 0 heterocycles. The smallest absolute Gasteiger partial charge is 0.122 e. The number of para-hydroxylation sites is 1. The molecule has 2 aromatic rings. The van der Waals surface area contributed by atoms with Crippen molar-refractivity contribution in [3.63, 3.8) is 0 Å². The molecule has 2 rings (SSSR count). The van der Waals surface area contributed by atoms with Crippen molar-refractivity contribution in [1.29, 1.82) is 0 Å². The Kier molecular flexibility index (Phi) is 5.16. The first kappa shape index (κ1) is 15.0. The van der Waals surface area contributed by atoms with Crippen LogP contribution in [0.3, 0.4) is 0 Å². The van der Waals surface area contributed by atoms with Crippen LogP contribution in [0, 0.1) is 0 Å². The summed E-state index contributed by atoms with van der Waals surface area (Å²) in [5.41, 5.74) is 2.09. The van der Waals surface area contributed by atoms with Crippen molar-refractivity contribution < 1.29 is 4.74 Å². The molecule has 0 aliphatic rings. The molecule has 0 aliphatic heterocycles. The maximum absolute atomic E-state index is 6.00. The Morgan fingerprint density at radius 2 is 1.75 bits per heavy atom. The third-order valence-electron chi connectivity index (χ3n) is 2.99. The standard InChI is InChI=1S/C16H17Cl2NO/c1-11(7-12-5-3-4-6-16(12)20-2)19-15-9-13(17)8-14(18)10-15/h3-6,8-11,19H,7H2,1-2H3. The summed E-state index contributed by atoms with van der Waals surface area (Å²) in [7, 11) is 1.69. The Hall–Kier alpha value is -1.38. The minimum Gasteiger partial charge on any atom is -0.496 e. The highest BCUT2D eigenvalue weighted by Crippen LogP contribution is 2.24. The van der Waals surface area contributed by atoms with Gasteiger partial charge >= 0.3 is 0 Å². The quantitative estimate of drug-likeness (QED) is 0.835. The van der Waals surface area contributed by atoms with Gasteiger partial charge in [0.15, 0.2) is 0 Å². The van der Waals surface area contributed by atoms with Crippen molar-refractivity contribution in [2.45, 2.75) is 19.4 Å². The number of hydrogen-bond acceptors (Lipinski definition) is 2. The molecule has 0 amide bonds. The van der Waals surface area contributed by atoms with Crippen LogP contribution in [-0.2, 0) is 6.42 Å². The molecule has 20 heavy (non-hydrogen) atoms. The lowest BCUT2D eigenvalue weighted by atomic mass is 10.1. The Balaban J connectivity index is 2.07. The molecule has 0 radical (unpaired) electrons. The molecule has 2 aromatic carbocycles. The third-order valence-corrected chi connectivity index (χ3v) is 3.43. The molecule has 4 heteroatoms. The first-order valence-electron chi connectivity index (χ1n) is 6.43. The van der Waals surface area contributed by atoms with E-state index in [1.165, 1.54) is 5.56 Å². The summed E-state index contributed by atoms with van der Waals surface area (Å²) in [5, 5.41) is 4.66. The molecule has 0 fully saturated rings. The molecular formula is C16H17Cl2NO. The number of nitrogens with one attached hydrogen (secondary N) is 1. The fourth-order valence-electron chi connectivity index (χ4n) is 2.17. The van der Waals surface area contributed by atoms with E-state index in [4.69, 9.17) is 27.9 Å². The van der Waals surface area contributed by atoms with E-state index in [0.717, 1.165) is 17.9 Å². The number of halogens is 2. The molecule has 0 spiro atoms. The minimum absolute atomic E-state index is 0.237. The maximum atomic E-state index is 6.00. The summed E-state index contributed by atoms with van der Waals surface area (Å²) in [6.45, 7) is 2.11. The number of methoxy groups -OCH3 is 1. The van der Waals surface area contributed by atoms with Gasteiger partial charge in [-0.05, 0) is 43.2 Å². The van der Waals surface area contributed by atoms with Gasteiger partial charge in [0.05, 0.1) is 7.11 Å². The number of benzene rings is 2. The molecule has 0 saturated heterocycles. The predicted octanol–water partition coefficient (Wildman–Crippen LogP) is 5.05. The van der Waals surface area contributed by atoms with Gasteiger partial charge in [0.2, 0.25) is 0 Å². The Morgan fingerprint density at radius 3 is 2.40 bits per heavy atom. The second-order valence-corrected chi connectivity index (χ2v) is 5.59. The second kappa shape index (κ2) is 6.87. The first-order valence-corrected chi connectivity index (χ1v) is 7.18. The van der Waals surface area contributed by atoms with Crippen LogP contribution in [0.5, 0.6) is 5.75 Å². The fraction of sp³-hybridized carbons (Fsp3) is 0.250. The number of rotatable bonds is 5. The van der Waals surface area contributed by atoms with Crippen LogP contribution in [-0.4, -0.2) is 13.2 Å². The lowest BCUT2D eigenvalue weighted by Crippen LogP contribution is -2.18. The van der Waals surface area contributed by atoms with Crippen LogP contribution in [0.25, 0.3) is 0 Å². The second-order valence-electron chi connectivity index (χ2n) is 4.72. The van der Waals surface area contributed by atoms with Crippen LogP contribution in [0.2, 0.25) is 10.0 Å². The van der Waals surface area contributed by atoms with Gasteiger partial charge in [-0.2, -0.15) is 0 Å². The van der Waals surface area contributed by atoms with Gasteiger partial charge in [0.1, 0.15) is 5.75 Å². The first-order chi connectivity index (χ1) is 9.58. The molecule has 1 N–H and O–H groups in total. The zero-order chi connectivity index (χ0) is 14.5. The molecule has 2 nitrogen and oxygen atoms in total. The van der Waals surface area contributed by atoms with Crippen LogP contribution < -0.4 is 10.1 Å². The van der Waals surface area contributed by atoms with E-state index >= 15 is 0 Å². The molecule has 0 saturated carbocycles. The average Bonchev–Trinajstić information content (AvgIpc) is 2.37. The van der Waals surface area contributed by atoms with Gasteiger partial charge in [-0.25, -0.2) is 0 Å². The van der Waals surface area contributed by atoms with E-state index in [9.17, 15) is 0 Å². The summed E-state index contributed by atoms with van der Waals surface area (Å²) < 4.78 is 5.36. The van der Waals surface area contributed by atoms with Crippen LogP contribution in [0.4, 0.5) is 5.69 Å². The van der Waals surface area contributed by atoms with Crippen molar-refractivity contribution >= 4 is 28.9 Å². The normalized spacial score (nSPS) is 12.0. The van der Waals surface area contributed by atoms with E-state index in [2.05, 4.69) is 18.3 Å². The van der Waals surface area contributed by atoms with E-state index in [-0.39, 0.29) is 6.04 Å². The van der Waals surface area contributed by atoms with Gasteiger partial charge in [-0.15, -0.1) is 0 Å². The predicted molar refractivity (Wildman–Crippen MR) is 86.2 cm³/mol. The van der Waals surface area contributed by atoms with Gasteiger partial charge in [0.25, 0.3) is 0 Å². The summed E-state index contributed by atoms with van der Waals surface area (Å²) in [6, 6.07) is 13.7. The summed E-state index contributed by atoms with van der Waals surface area (Å²) >= 11 is 12.0. The van der Waals surface area contributed by atoms with Crippen LogP contribution in [0.15, 0.2) is 42.5 Å². The summed E-state index contributed by atoms with van der Waals surface area (Å²) in [5.74, 6) is 0.908. The highest BCUT2D eigenvalue weighted by atomic mass is 35.5. The number of hydrogen-bond donors (Lipinski definition) is 1. The molecule has 1 atom stereocenters. The van der Waals surface area contributed by atoms with Gasteiger partial charge in [-0.1, -0.05) is 41.4 Å². The summed E-state index contributed by atoms with van der Waals surface area (Å²) in [4.78, 5) is 0. The topological polar surface area (TPSA) is 21.3 Å². The zero-order valence-corrected chi connectivity index (χ0v) is 13.0. The van der Waals surface area contributed by atoms with E-state index in [1.807, 2.05) is 30.3 Å². The molecule has 0 aliphatic carbocycles. The number of anilines is 1. The van der Waals surface area contributed by atoms with Crippen molar-refractivity contribution in [2.24, 2.45) is 0 Å². The Morgan fingerprint density at radius 1 is 1.10 bits per heavy atom. The minimum atomic E-state index is 0.237. The maximum Gasteiger partial charge on any atom is 0.122 e. The van der Waals surface area contributed by atoms with Crippen molar-refractivity contribution in [3.8, 4) is 5.75 Å². The molecule has 106 valence electrons. The molecule has 0 bridgehead atoms. The van der Waals surface area contributed by atoms with E-state index in [1.54, 1.807) is 13.2 Å². The van der Waals surface area contributed by atoms with Crippen molar-refractivity contribution in [3.05, 3.63) is 58.1 Å². The lowest BCUT2D eigenvalue weighted by Gasteiger charge is -2.17. The van der Waals surface area contributed by atoms with Gasteiger partial charge < -0.3 is 10.1 Å². The molecular weight excluding hydrogens is 293 g/mol. The average molecular weight is 310 g/mol. The fourth-order valence-corrected chi connectivity index (χ4v) is 2.70.